The molecular formula is C37H27NO2Si. The first-order valence-electron chi connectivity index (χ1n) is 13.9. The lowest BCUT2D eigenvalue weighted by Gasteiger charge is -2.31. The number of rotatable bonds is 5. The molecule has 41 heavy (non-hydrogen) atoms. The molecule has 0 amide bonds. The molecule has 196 valence electrons. The highest BCUT2D eigenvalue weighted by atomic mass is 28.4. The quantitative estimate of drug-likeness (QED) is 0.168. The molecule has 0 atom stereocenters. The van der Waals surface area contributed by atoms with Crippen molar-refractivity contribution in [3.63, 3.8) is 0 Å². The van der Waals surface area contributed by atoms with Gasteiger partial charge in [0.05, 0.1) is 16.4 Å². The second-order valence-corrected chi connectivity index (χ2v) is 14.0. The molecule has 3 nitrogen and oxygen atoms in total. The van der Waals surface area contributed by atoms with E-state index in [2.05, 4.69) is 138 Å². The van der Waals surface area contributed by atoms with Crippen LogP contribution in [0.5, 0.6) is 0 Å². The van der Waals surface area contributed by atoms with Crippen LogP contribution in [0, 0.1) is 0 Å². The molecule has 0 radical (unpaired) electrons. The molecule has 0 aliphatic heterocycles. The zero-order valence-electron chi connectivity index (χ0n) is 22.6. The highest BCUT2D eigenvalue weighted by Gasteiger charge is 2.40. The summed E-state index contributed by atoms with van der Waals surface area (Å²) >= 11 is 0. The van der Waals surface area contributed by atoms with Crippen molar-refractivity contribution >= 4 is 67.6 Å². The number of furan rings is 1. The van der Waals surface area contributed by atoms with Gasteiger partial charge in [-0.2, -0.15) is 0 Å². The summed E-state index contributed by atoms with van der Waals surface area (Å²) in [5.41, 5.74) is 5.25. The summed E-state index contributed by atoms with van der Waals surface area (Å²) < 4.78 is 15.4. The number of nitrogens with zero attached hydrogens (tertiary/aromatic N) is 1. The van der Waals surface area contributed by atoms with Crippen LogP contribution in [0.15, 0.2) is 150 Å². The highest BCUT2D eigenvalue weighted by Crippen LogP contribution is 2.40. The van der Waals surface area contributed by atoms with Crippen molar-refractivity contribution in [1.82, 2.24) is 4.57 Å². The standard InChI is InChI=1S/C37H27NO2Si/c1-39-41(27-12-4-2-5-13-27,28-14-6-3-7-15-28)29-22-20-26(21-23-29)38-33-18-10-8-17-32(33)36-34(38)25-24-31-30-16-9-11-19-35(30)40-37(31)36/h2-25H,1H3. The maximum Gasteiger partial charge on any atom is 0.287 e. The maximum absolute atomic E-state index is 6.56. The zero-order valence-corrected chi connectivity index (χ0v) is 23.6. The molecule has 0 spiro atoms. The largest absolute Gasteiger partial charge is 0.455 e. The Bertz CT molecular complexity index is 2140. The van der Waals surface area contributed by atoms with Crippen molar-refractivity contribution in [2.45, 2.75) is 0 Å². The average molecular weight is 546 g/mol. The zero-order chi connectivity index (χ0) is 27.4. The van der Waals surface area contributed by atoms with Gasteiger partial charge in [0.1, 0.15) is 11.2 Å². The Balaban J connectivity index is 1.36. The molecule has 6 aromatic carbocycles. The Labute approximate surface area is 239 Å². The van der Waals surface area contributed by atoms with Gasteiger partial charge in [-0.05, 0) is 52.0 Å². The highest BCUT2D eigenvalue weighted by molar-refractivity contribution is 7.07. The van der Waals surface area contributed by atoms with E-state index in [1.165, 1.54) is 20.9 Å². The first-order valence-corrected chi connectivity index (χ1v) is 15.8. The van der Waals surface area contributed by atoms with Gasteiger partial charge in [0.15, 0.2) is 0 Å². The molecular weight excluding hydrogens is 518 g/mol. The minimum absolute atomic E-state index is 0.916. The summed E-state index contributed by atoms with van der Waals surface area (Å²) in [7, 11) is -0.840. The second kappa shape index (κ2) is 9.34. The maximum atomic E-state index is 6.56. The number of para-hydroxylation sites is 2. The van der Waals surface area contributed by atoms with Crippen molar-refractivity contribution in [2.75, 3.05) is 7.11 Å². The average Bonchev–Trinajstić information content (AvgIpc) is 3.59. The summed E-state index contributed by atoms with van der Waals surface area (Å²) in [6.45, 7) is 0. The fourth-order valence-electron chi connectivity index (χ4n) is 6.56. The van der Waals surface area contributed by atoms with Crippen molar-refractivity contribution in [3.05, 3.63) is 146 Å². The lowest BCUT2D eigenvalue weighted by molar-refractivity contribution is 0.426. The molecule has 0 fully saturated rings. The molecule has 0 aliphatic carbocycles. The molecule has 8 aromatic rings. The third-order valence-corrected chi connectivity index (χ3v) is 12.4. The Morgan fingerprint density at radius 2 is 1.10 bits per heavy atom. The number of hydrogen-bond acceptors (Lipinski definition) is 2. The van der Waals surface area contributed by atoms with Crippen molar-refractivity contribution in [1.29, 1.82) is 0 Å². The van der Waals surface area contributed by atoms with Gasteiger partial charge in [-0.1, -0.05) is 109 Å². The van der Waals surface area contributed by atoms with Gasteiger partial charge in [-0.3, -0.25) is 0 Å². The third kappa shape index (κ3) is 3.48. The summed E-state index contributed by atoms with van der Waals surface area (Å²) in [5, 5.41) is 8.29. The predicted octanol–water partition coefficient (Wildman–Crippen LogP) is 7.30. The molecule has 0 saturated carbocycles. The first-order chi connectivity index (χ1) is 20.3. The predicted molar refractivity (Wildman–Crippen MR) is 173 cm³/mol. The molecule has 0 saturated heterocycles. The monoisotopic (exact) mass is 545 g/mol. The van der Waals surface area contributed by atoms with E-state index in [9.17, 15) is 0 Å². The molecule has 0 unspecified atom stereocenters. The van der Waals surface area contributed by atoms with Gasteiger partial charge in [-0.15, -0.1) is 0 Å². The number of fused-ring (bicyclic) bond motifs is 7. The van der Waals surface area contributed by atoms with Crippen LogP contribution in [-0.4, -0.2) is 20.0 Å². The SMILES string of the molecule is CO[Si](c1ccccc1)(c1ccccc1)c1ccc(-n2c3ccccc3c3c4oc5ccccc5c4ccc32)cc1. The van der Waals surface area contributed by atoms with Crippen molar-refractivity contribution in [3.8, 4) is 5.69 Å². The van der Waals surface area contributed by atoms with E-state index < -0.39 is 8.32 Å². The van der Waals surface area contributed by atoms with E-state index in [0.29, 0.717) is 0 Å². The van der Waals surface area contributed by atoms with Crippen LogP contribution in [-0.2, 0) is 4.43 Å². The van der Waals surface area contributed by atoms with Crippen LogP contribution in [0.25, 0.3) is 49.4 Å². The number of hydrogen-bond donors (Lipinski definition) is 0. The Kier molecular flexibility index (Phi) is 5.45. The summed E-state index contributed by atoms with van der Waals surface area (Å²) in [6.07, 6.45) is 0. The minimum Gasteiger partial charge on any atom is -0.455 e. The molecule has 0 bridgehead atoms. The Hall–Kier alpha value is -4.90. The van der Waals surface area contributed by atoms with Crippen LogP contribution in [0.4, 0.5) is 0 Å². The van der Waals surface area contributed by atoms with E-state index in [0.717, 1.165) is 44.0 Å². The number of aromatic nitrogens is 1. The normalized spacial score (nSPS) is 12.1. The molecule has 2 aromatic heterocycles. The van der Waals surface area contributed by atoms with E-state index in [-0.39, 0.29) is 0 Å². The van der Waals surface area contributed by atoms with Gasteiger partial charge >= 0.3 is 0 Å². The topological polar surface area (TPSA) is 27.3 Å². The lowest BCUT2D eigenvalue weighted by Crippen LogP contribution is -2.68. The van der Waals surface area contributed by atoms with E-state index in [1.807, 2.05) is 19.2 Å². The molecule has 2 heterocycles. The fourth-order valence-corrected chi connectivity index (χ4v) is 10.2. The van der Waals surface area contributed by atoms with Gasteiger partial charge in [0.2, 0.25) is 0 Å². The van der Waals surface area contributed by atoms with Gasteiger partial charge in [0.25, 0.3) is 8.32 Å². The van der Waals surface area contributed by atoms with Crippen molar-refractivity contribution in [2.24, 2.45) is 0 Å². The first kappa shape index (κ1) is 23.9. The third-order valence-electron chi connectivity index (χ3n) is 8.38. The van der Waals surface area contributed by atoms with E-state index in [4.69, 9.17) is 8.84 Å². The molecule has 4 heteroatoms. The van der Waals surface area contributed by atoms with Crippen molar-refractivity contribution < 1.29 is 8.84 Å². The van der Waals surface area contributed by atoms with Crippen LogP contribution in [0.1, 0.15) is 0 Å². The molecule has 0 aliphatic rings. The number of benzene rings is 6. The van der Waals surface area contributed by atoms with Gasteiger partial charge in [-0.25, -0.2) is 0 Å². The smallest absolute Gasteiger partial charge is 0.287 e. The van der Waals surface area contributed by atoms with Crippen LogP contribution in [0.2, 0.25) is 0 Å². The molecule has 8 rings (SSSR count). The Morgan fingerprint density at radius 3 is 1.78 bits per heavy atom. The summed E-state index contributed by atoms with van der Waals surface area (Å²) in [6, 6.07) is 51.6. The van der Waals surface area contributed by atoms with E-state index >= 15 is 0 Å². The summed E-state index contributed by atoms with van der Waals surface area (Å²) in [5.74, 6) is 0. The lowest BCUT2D eigenvalue weighted by atomic mass is 10.1. The second-order valence-electron chi connectivity index (χ2n) is 10.5. The van der Waals surface area contributed by atoms with E-state index in [1.54, 1.807) is 0 Å². The van der Waals surface area contributed by atoms with Gasteiger partial charge in [0, 0.05) is 29.0 Å². The minimum atomic E-state index is -2.69. The Morgan fingerprint density at radius 1 is 0.512 bits per heavy atom. The molecule has 0 N–H and O–H groups in total. The summed E-state index contributed by atoms with van der Waals surface area (Å²) in [4.78, 5) is 0. The van der Waals surface area contributed by atoms with Crippen LogP contribution >= 0.6 is 0 Å². The van der Waals surface area contributed by atoms with Crippen LogP contribution in [0.3, 0.4) is 0 Å². The van der Waals surface area contributed by atoms with Crippen LogP contribution < -0.4 is 15.6 Å². The van der Waals surface area contributed by atoms with Gasteiger partial charge < -0.3 is 13.4 Å². The fraction of sp³-hybridized carbons (Fsp3) is 0.0270.